The molecule has 0 heterocycles. The molecule has 0 saturated heterocycles. The largest absolute Gasteiger partial charge is 0.492 e. The number of ether oxygens (including phenoxy) is 3. The quantitative estimate of drug-likeness (QED) is 0.180. The second-order valence-corrected chi connectivity index (χ2v) is 13.2. The van der Waals surface area contributed by atoms with Gasteiger partial charge in [0.15, 0.2) is 0 Å². The van der Waals surface area contributed by atoms with Crippen LogP contribution in [0.25, 0.3) is 11.6 Å². The number of allylic oxidation sites excluding steroid dienone is 1. The van der Waals surface area contributed by atoms with Crippen LogP contribution in [-0.2, 0) is 20.7 Å². The molecule has 0 N–H and O–H groups in total. The van der Waals surface area contributed by atoms with Gasteiger partial charge in [0.2, 0.25) is 0 Å². The third kappa shape index (κ3) is 9.20. The van der Waals surface area contributed by atoms with Gasteiger partial charge in [-0.3, -0.25) is 4.79 Å². The molecule has 0 bridgehead atoms. The minimum absolute atomic E-state index is 0.141. The van der Waals surface area contributed by atoms with Crippen LogP contribution >= 0.6 is 11.8 Å². The van der Waals surface area contributed by atoms with Gasteiger partial charge in [-0.15, -0.1) is 0 Å². The van der Waals surface area contributed by atoms with Crippen molar-refractivity contribution in [1.82, 2.24) is 0 Å². The van der Waals surface area contributed by atoms with E-state index in [9.17, 15) is 4.79 Å². The number of hydrogen-bond donors (Lipinski definition) is 0. The molecule has 4 nitrogen and oxygen atoms in total. The number of thioether (sulfide) groups is 1. The highest BCUT2D eigenvalue weighted by Crippen LogP contribution is 2.37. The van der Waals surface area contributed by atoms with E-state index >= 15 is 0 Å². The lowest BCUT2D eigenvalue weighted by atomic mass is 9.72. The number of esters is 1. The highest BCUT2D eigenvalue weighted by Gasteiger charge is 2.37. The maximum absolute atomic E-state index is 12.6. The van der Waals surface area contributed by atoms with Gasteiger partial charge in [-0.1, -0.05) is 70.2 Å². The van der Waals surface area contributed by atoms with Crippen molar-refractivity contribution in [2.24, 2.45) is 16.7 Å². The molecule has 38 heavy (non-hydrogen) atoms. The van der Waals surface area contributed by atoms with Crippen molar-refractivity contribution in [1.29, 1.82) is 0 Å². The van der Waals surface area contributed by atoms with Crippen LogP contribution in [0, 0.1) is 16.7 Å². The monoisotopic (exact) mass is 538 g/mol. The van der Waals surface area contributed by atoms with E-state index in [4.69, 9.17) is 14.2 Å². The summed E-state index contributed by atoms with van der Waals surface area (Å²) in [6, 6.07) is 17.0. The SMILES string of the molecule is CC(CC(C)(C)C)C(C)(C)C(=O)OCCOCCSCCOc1cccc2c1C=C(c1ccccc1)CC2. The van der Waals surface area contributed by atoms with Crippen LogP contribution in [0.1, 0.15) is 71.1 Å². The van der Waals surface area contributed by atoms with Gasteiger partial charge in [-0.2, -0.15) is 11.8 Å². The van der Waals surface area contributed by atoms with Gasteiger partial charge in [-0.25, -0.2) is 0 Å². The average molecular weight is 539 g/mol. The first kappa shape index (κ1) is 30.3. The van der Waals surface area contributed by atoms with E-state index in [-0.39, 0.29) is 17.3 Å². The molecule has 0 saturated carbocycles. The predicted octanol–water partition coefficient (Wildman–Crippen LogP) is 7.94. The molecule has 1 aliphatic carbocycles. The summed E-state index contributed by atoms with van der Waals surface area (Å²) in [6.45, 7) is 14.7. The number of hydrogen-bond acceptors (Lipinski definition) is 5. The van der Waals surface area contributed by atoms with Crippen molar-refractivity contribution in [3.8, 4) is 5.75 Å². The van der Waals surface area contributed by atoms with Crippen LogP contribution in [0.5, 0.6) is 5.75 Å². The minimum Gasteiger partial charge on any atom is -0.492 e. The number of benzene rings is 2. The first-order valence-corrected chi connectivity index (χ1v) is 15.1. The van der Waals surface area contributed by atoms with Crippen LogP contribution in [0.4, 0.5) is 0 Å². The molecule has 1 aliphatic rings. The molecule has 3 rings (SSSR count). The first-order chi connectivity index (χ1) is 18.1. The second kappa shape index (κ2) is 14.2. The van der Waals surface area contributed by atoms with Crippen molar-refractivity contribution in [3.63, 3.8) is 0 Å². The van der Waals surface area contributed by atoms with Gasteiger partial charge in [-0.05, 0) is 73.3 Å². The molecule has 0 fully saturated rings. The van der Waals surface area contributed by atoms with Crippen LogP contribution in [0.3, 0.4) is 0 Å². The molecule has 0 radical (unpaired) electrons. The molecule has 0 aromatic heterocycles. The maximum Gasteiger partial charge on any atom is 0.311 e. The van der Waals surface area contributed by atoms with E-state index in [1.54, 1.807) is 0 Å². The lowest BCUT2D eigenvalue weighted by Crippen LogP contribution is -2.35. The van der Waals surface area contributed by atoms with Crippen molar-refractivity contribution in [2.45, 2.75) is 60.8 Å². The number of carbonyl (C=O) groups is 1. The third-order valence-electron chi connectivity index (χ3n) is 7.28. The van der Waals surface area contributed by atoms with Gasteiger partial charge in [0.05, 0.1) is 25.2 Å². The lowest BCUT2D eigenvalue weighted by Gasteiger charge is -2.33. The van der Waals surface area contributed by atoms with Crippen LogP contribution in [-0.4, -0.2) is 43.9 Å². The standard InChI is InChI=1S/C33H46O4S/c1-25(24-32(2,3)4)33(5,6)31(34)37-18-17-35-19-21-38-22-20-36-30-14-10-13-27-15-16-28(23-29(27)30)26-11-8-7-9-12-26/h7-14,23,25H,15-22,24H2,1-6H3. The molecule has 0 amide bonds. The first-order valence-electron chi connectivity index (χ1n) is 13.9. The zero-order chi connectivity index (χ0) is 27.6. The molecular weight excluding hydrogens is 492 g/mol. The van der Waals surface area contributed by atoms with Crippen molar-refractivity contribution in [2.75, 3.05) is 37.9 Å². The van der Waals surface area contributed by atoms with Gasteiger partial charge in [0.25, 0.3) is 0 Å². The Morgan fingerprint density at radius 1 is 0.895 bits per heavy atom. The summed E-state index contributed by atoms with van der Waals surface area (Å²) < 4.78 is 17.4. The van der Waals surface area contributed by atoms with E-state index in [2.05, 4.69) is 82.3 Å². The zero-order valence-corrected chi connectivity index (χ0v) is 25.0. The smallest absolute Gasteiger partial charge is 0.311 e. The van der Waals surface area contributed by atoms with E-state index in [1.807, 2.05) is 25.6 Å². The average Bonchev–Trinajstić information content (AvgIpc) is 2.88. The summed E-state index contributed by atoms with van der Waals surface area (Å²) in [6.07, 6.45) is 5.38. The maximum atomic E-state index is 12.6. The van der Waals surface area contributed by atoms with E-state index in [1.165, 1.54) is 22.3 Å². The summed E-state index contributed by atoms with van der Waals surface area (Å²) in [5, 5.41) is 0. The van der Waals surface area contributed by atoms with Gasteiger partial charge in [0, 0.05) is 17.1 Å². The Bertz CT molecular complexity index is 1050. The summed E-state index contributed by atoms with van der Waals surface area (Å²) in [7, 11) is 0. The Morgan fingerprint density at radius 3 is 2.37 bits per heavy atom. The Morgan fingerprint density at radius 2 is 1.63 bits per heavy atom. The molecule has 0 spiro atoms. The van der Waals surface area contributed by atoms with E-state index in [0.29, 0.717) is 26.4 Å². The molecular formula is C33H46O4S. The van der Waals surface area contributed by atoms with Gasteiger partial charge < -0.3 is 14.2 Å². The fourth-order valence-electron chi connectivity index (χ4n) is 4.78. The lowest BCUT2D eigenvalue weighted by molar-refractivity contribution is -0.159. The van der Waals surface area contributed by atoms with Crippen molar-refractivity contribution < 1.29 is 19.0 Å². The number of fused-ring (bicyclic) bond motifs is 1. The van der Waals surface area contributed by atoms with E-state index < -0.39 is 5.41 Å². The molecule has 5 heteroatoms. The Labute approximate surface area is 234 Å². The summed E-state index contributed by atoms with van der Waals surface area (Å²) in [5.74, 6) is 2.86. The highest BCUT2D eigenvalue weighted by atomic mass is 32.2. The second-order valence-electron chi connectivity index (χ2n) is 12.0. The van der Waals surface area contributed by atoms with Gasteiger partial charge >= 0.3 is 5.97 Å². The number of aryl methyl sites for hydroxylation is 1. The van der Waals surface area contributed by atoms with Crippen LogP contribution in [0.2, 0.25) is 0 Å². The predicted molar refractivity (Wildman–Crippen MR) is 161 cm³/mol. The van der Waals surface area contributed by atoms with Crippen LogP contribution < -0.4 is 4.74 Å². The Balaban J connectivity index is 1.31. The topological polar surface area (TPSA) is 44.8 Å². The minimum atomic E-state index is -0.500. The molecule has 2 aromatic carbocycles. The van der Waals surface area contributed by atoms with E-state index in [0.717, 1.165) is 36.5 Å². The molecule has 0 aliphatic heterocycles. The molecule has 208 valence electrons. The third-order valence-corrected chi connectivity index (χ3v) is 8.19. The fraction of sp³-hybridized carbons (Fsp3) is 0.545. The van der Waals surface area contributed by atoms with Crippen LogP contribution in [0.15, 0.2) is 48.5 Å². The Kier molecular flexibility index (Phi) is 11.3. The zero-order valence-electron chi connectivity index (χ0n) is 24.2. The molecule has 1 unspecified atom stereocenters. The fourth-order valence-corrected chi connectivity index (χ4v) is 5.42. The normalized spacial score (nSPS) is 14.4. The number of carbonyl (C=O) groups excluding carboxylic acids is 1. The molecule has 1 atom stereocenters. The summed E-state index contributed by atoms with van der Waals surface area (Å²) >= 11 is 1.81. The Hall–Kier alpha value is -2.24. The summed E-state index contributed by atoms with van der Waals surface area (Å²) in [5.41, 5.74) is 4.92. The van der Waals surface area contributed by atoms with Crippen molar-refractivity contribution in [3.05, 3.63) is 65.2 Å². The molecule has 2 aromatic rings. The highest BCUT2D eigenvalue weighted by molar-refractivity contribution is 7.99. The van der Waals surface area contributed by atoms with Crippen molar-refractivity contribution >= 4 is 29.4 Å². The number of rotatable bonds is 14. The van der Waals surface area contributed by atoms with Gasteiger partial charge in [0.1, 0.15) is 12.4 Å². The summed E-state index contributed by atoms with van der Waals surface area (Å²) in [4.78, 5) is 12.6.